The highest BCUT2D eigenvalue weighted by Crippen LogP contribution is 2.30. The minimum Gasteiger partial charge on any atom is -0.468 e. The number of hydrogen-bond acceptors (Lipinski definition) is 6. The normalized spacial score (nSPS) is 15.0. The number of methoxy groups -OCH3 is 2. The van der Waals surface area contributed by atoms with Gasteiger partial charge in [0.1, 0.15) is 12.2 Å². The summed E-state index contributed by atoms with van der Waals surface area (Å²) >= 11 is 11.4. The number of nitrogens with zero attached hydrogens (tertiary/aromatic N) is 2. The van der Waals surface area contributed by atoms with Crippen molar-refractivity contribution in [3.8, 4) is 0 Å². The van der Waals surface area contributed by atoms with Gasteiger partial charge in [-0.1, -0.05) is 23.7 Å². The Morgan fingerprint density at radius 1 is 1.03 bits per heavy atom. The van der Waals surface area contributed by atoms with Crippen molar-refractivity contribution in [2.45, 2.75) is 0 Å². The van der Waals surface area contributed by atoms with Crippen LogP contribution < -0.4 is 4.90 Å². The molecule has 0 spiro atoms. The molecule has 1 heterocycles. The number of amides is 1. The Kier molecular flexibility index (Phi) is 6.49. The highest BCUT2D eigenvalue weighted by atomic mass is 35.5. The van der Waals surface area contributed by atoms with E-state index >= 15 is 0 Å². The van der Waals surface area contributed by atoms with Crippen LogP contribution in [-0.4, -0.2) is 48.6 Å². The summed E-state index contributed by atoms with van der Waals surface area (Å²) in [5.74, 6) is -1.41. The number of carbonyl (C=O) groups excluding carboxylic acids is 3. The van der Waals surface area contributed by atoms with Crippen LogP contribution in [0.25, 0.3) is 6.08 Å². The van der Waals surface area contributed by atoms with Crippen molar-refractivity contribution < 1.29 is 23.9 Å². The molecule has 0 atom stereocenters. The Morgan fingerprint density at radius 2 is 1.67 bits per heavy atom. The van der Waals surface area contributed by atoms with E-state index in [0.717, 1.165) is 0 Å². The molecule has 0 N–H and O–H groups in total. The van der Waals surface area contributed by atoms with E-state index in [4.69, 9.17) is 28.6 Å². The van der Waals surface area contributed by atoms with Crippen LogP contribution in [0, 0.1) is 0 Å². The topological polar surface area (TPSA) is 76.2 Å². The number of carbonyl (C=O) groups is 3. The van der Waals surface area contributed by atoms with Gasteiger partial charge in [-0.05, 0) is 60.3 Å². The van der Waals surface area contributed by atoms with E-state index in [-0.39, 0.29) is 17.4 Å². The maximum atomic E-state index is 13.2. The maximum absolute atomic E-state index is 13.2. The van der Waals surface area contributed by atoms with E-state index in [1.807, 2.05) is 0 Å². The van der Waals surface area contributed by atoms with Crippen LogP contribution in [0.3, 0.4) is 0 Å². The minimum atomic E-state index is -0.546. The highest BCUT2D eigenvalue weighted by Gasteiger charge is 2.40. The van der Waals surface area contributed by atoms with Gasteiger partial charge in [-0.3, -0.25) is 14.5 Å². The predicted octanol–water partition coefficient (Wildman–Crippen LogP) is 3.27. The van der Waals surface area contributed by atoms with Gasteiger partial charge in [0.25, 0.3) is 5.91 Å². The van der Waals surface area contributed by atoms with Crippen molar-refractivity contribution >= 4 is 58.5 Å². The summed E-state index contributed by atoms with van der Waals surface area (Å²) in [7, 11) is 2.56. The second kappa shape index (κ2) is 9.06. The van der Waals surface area contributed by atoms with Crippen molar-refractivity contribution in [2.75, 3.05) is 25.7 Å². The predicted molar refractivity (Wildman–Crippen MR) is 116 cm³/mol. The number of rotatable bonds is 5. The first-order valence-electron chi connectivity index (χ1n) is 8.74. The fourth-order valence-electron chi connectivity index (χ4n) is 2.84. The molecule has 154 valence electrons. The van der Waals surface area contributed by atoms with E-state index in [9.17, 15) is 14.4 Å². The molecule has 0 aromatic heterocycles. The third kappa shape index (κ3) is 4.34. The monoisotopic (exact) mass is 444 g/mol. The number of ether oxygens (including phenoxy) is 2. The molecule has 0 radical (unpaired) electrons. The van der Waals surface area contributed by atoms with Gasteiger partial charge in [0.2, 0.25) is 0 Å². The highest BCUT2D eigenvalue weighted by molar-refractivity contribution is 7.80. The van der Waals surface area contributed by atoms with Crippen LogP contribution in [0.4, 0.5) is 5.69 Å². The lowest BCUT2D eigenvalue weighted by atomic mass is 10.1. The van der Waals surface area contributed by atoms with Crippen LogP contribution in [0.15, 0.2) is 54.2 Å². The van der Waals surface area contributed by atoms with E-state index < -0.39 is 17.8 Å². The largest absolute Gasteiger partial charge is 0.468 e. The van der Waals surface area contributed by atoms with E-state index in [0.29, 0.717) is 21.8 Å². The van der Waals surface area contributed by atoms with Crippen LogP contribution >= 0.6 is 23.8 Å². The van der Waals surface area contributed by atoms with Crippen molar-refractivity contribution in [1.82, 2.24) is 4.90 Å². The molecule has 1 fully saturated rings. The van der Waals surface area contributed by atoms with Gasteiger partial charge in [0.05, 0.1) is 25.5 Å². The Bertz CT molecular complexity index is 1030. The zero-order chi connectivity index (χ0) is 21.8. The summed E-state index contributed by atoms with van der Waals surface area (Å²) in [6.07, 6.45) is 1.59. The molecule has 2 aromatic carbocycles. The summed E-state index contributed by atoms with van der Waals surface area (Å²) in [5.41, 5.74) is 1.74. The maximum Gasteiger partial charge on any atom is 0.337 e. The summed E-state index contributed by atoms with van der Waals surface area (Å²) < 4.78 is 9.42. The molecule has 3 rings (SSSR count). The van der Waals surface area contributed by atoms with Gasteiger partial charge < -0.3 is 14.4 Å². The SMILES string of the molecule is COC(=O)CN1C(=S)N(c2ccc(Cl)cc2)C(=O)C1=Cc1ccc(C(=O)OC)cc1. The number of halogens is 1. The van der Waals surface area contributed by atoms with Gasteiger partial charge in [-0.2, -0.15) is 0 Å². The molecule has 2 aromatic rings. The number of hydrogen-bond donors (Lipinski definition) is 0. The van der Waals surface area contributed by atoms with Crippen molar-refractivity contribution in [1.29, 1.82) is 0 Å². The van der Waals surface area contributed by atoms with Gasteiger partial charge in [0, 0.05) is 5.02 Å². The number of anilines is 1. The standard InChI is InChI=1S/C21H17ClN2O5S/c1-28-18(25)12-23-17(11-13-3-5-14(6-4-13)20(27)29-2)19(26)24(21(23)30)16-9-7-15(22)8-10-16/h3-11H,12H2,1-2H3. The summed E-state index contributed by atoms with van der Waals surface area (Å²) in [4.78, 5) is 39.4. The summed E-state index contributed by atoms with van der Waals surface area (Å²) in [5, 5.41) is 0.661. The third-order valence-corrected chi connectivity index (χ3v) is 5.03. The average molecular weight is 445 g/mol. The average Bonchev–Trinajstić information content (AvgIpc) is 2.98. The van der Waals surface area contributed by atoms with Crippen molar-refractivity contribution in [3.05, 3.63) is 70.4 Å². The van der Waals surface area contributed by atoms with E-state index in [2.05, 4.69) is 4.74 Å². The van der Waals surface area contributed by atoms with Gasteiger partial charge >= 0.3 is 11.9 Å². The van der Waals surface area contributed by atoms with Gasteiger partial charge in [-0.25, -0.2) is 4.79 Å². The Labute approximate surface area is 183 Å². The van der Waals surface area contributed by atoms with Crippen LogP contribution in [0.1, 0.15) is 15.9 Å². The molecule has 1 aliphatic heterocycles. The fourth-order valence-corrected chi connectivity index (χ4v) is 3.31. The number of thiocarbonyl (C=S) groups is 1. The molecule has 1 saturated heterocycles. The molecular weight excluding hydrogens is 428 g/mol. The Morgan fingerprint density at radius 3 is 2.23 bits per heavy atom. The molecule has 7 nitrogen and oxygen atoms in total. The van der Waals surface area contributed by atoms with Crippen LogP contribution in [0.2, 0.25) is 5.02 Å². The fraction of sp³-hybridized carbons (Fsp3) is 0.143. The number of esters is 2. The first-order chi connectivity index (χ1) is 14.3. The van der Waals surface area contributed by atoms with Crippen LogP contribution in [-0.2, 0) is 19.1 Å². The molecule has 0 aliphatic carbocycles. The third-order valence-electron chi connectivity index (χ3n) is 4.37. The Hall–Kier alpha value is -3.23. The lowest BCUT2D eigenvalue weighted by Crippen LogP contribution is -2.35. The lowest BCUT2D eigenvalue weighted by Gasteiger charge is -2.19. The number of benzene rings is 2. The van der Waals surface area contributed by atoms with E-state index in [1.165, 1.54) is 24.0 Å². The second-order valence-electron chi connectivity index (χ2n) is 6.20. The minimum absolute atomic E-state index is 0.144. The molecular formula is C21H17ClN2O5S. The van der Waals surface area contributed by atoms with Crippen molar-refractivity contribution in [3.63, 3.8) is 0 Å². The smallest absolute Gasteiger partial charge is 0.337 e. The van der Waals surface area contributed by atoms with Crippen LogP contribution in [0.5, 0.6) is 0 Å². The molecule has 0 saturated carbocycles. The molecule has 9 heteroatoms. The molecule has 1 amide bonds. The van der Waals surface area contributed by atoms with Gasteiger partial charge in [-0.15, -0.1) is 0 Å². The zero-order valence-corrected chi connectivity index (χ0v) is 17.7. The first kappa shape index (κ1) is 21.5. The molecule has 30 heavy (non-hydrogen) atoms. The van der Waals surface area contributed by atoms with Gasteiger partial charge in [0.15, 0.2) is 5.11 Å². The molecule has 1 aliphatic rings. The first-order valence-corrected chi connectivity index (χ1v) is 9.52. The Balaban J connectivity index is 2.00. The molecule has 0 unspecified atom stereocenters. The second-order valence-corrected chi connectivity index (χ2v) is 7.01. The quantitative estimate of drug-likeness (QED) is 0.398. The lowest BCUT2D eigenvalue weighted by molar-refractivity contribution is -0.140. The summed E-state index contributed by atoms with van der Waals surface area (Å²) in [6.45, 7) is -0.225. The van der Waals surface area contributed by atoms with Crippen molar-refractivity contribution in [2.24, 2.45) is 0 Å². The van der Waals surface area contributed by atoms with E-state index in [1.54, 1.807) is 54.6 Å². The zero-order valence-electron chi connectivity index (χ0n) is 16.1. The summed E-state index contributed by atoms with van der Waals surface area (Å²) in [6, 6.07) is 13.1. The molecule has 0 bridgehead atoms.